The zero-order valence-corrected chi connectivity index (χ0v) is 12.6. The molecular weight excluding hydrogens is 322 g/mol. The predicted octanol–water partition coefficient (Wildman–Crippen LogP) is 4.24. The standard InChI is InChI=1S/C17H13F4N3/c1-10-16(24-23-9-22-10)12-4-2-11(3-5-12)14-7-6-13(18)8-15(14)17(19,20)21/h2-10H,1H3,(H,22,23)/t10-/m0/s1. The molecule has 1 N–H and O–H groups in total. The third-order valence-corrected chi connectivity index (χ3v) is 3.72. The largest absolute Gasteiger partial charge is 0.417 e. The van der Waals surface area contributed by atoms with Crippen LogP contribution in [0.5, 0.6) is 0 Å². The number of benzene rings is 2. The van der Waals surface area contributed by atoms with Crippen molar-refractivity contribution in [3.8, 4) is 11.1 Å². The molecule has 2 aromatic rings. The Labute approximate surface area is 135 Å². The van der Waals surface area contributed by atoms with E-state index >= 15 is 0 Å². The molecule has 0 amide bonds. The topological polar surface area (TPSA) is 36.8 Å². The average Bonchev–Trinajstić information content (AvgIpc) is 2.55. The van der Waals surface area contributed by atoms with Gasteiger partial charge in [0.15, 0.2) is 0 Å². The zero-order chi connectivity index (χ0) is 17.3. The lowest BCUT2D eigenvalue weighted by Gasteiger charge is -2.16. The van der Waals surface area contributed by atoms with Gasteiger partial charge in [0.1, 0.15) is 12.2 Å². The van der Waals surface area contributed by atoms with Crippen molar-refractivity contribution in [2.75, 3.05) is 0 Å². The summed E-state index contributed by atoms with van der Waals surface area (Å²) in [6.07, 6.45) is -3.15. The van der Waals surface area contributed by atoms with E-state index in [1.54, 1.807) is 24.3 Å². The van der Waals surface area contributed by atoms with E-state index in [1.807, 2.05) is 6.92 Å². The second-order valence-corrected chi connectivity index (χ2v) is 5.35. The minimum absolute atomic E-state index is 0.0646. The number of hydrogen-bond donors (Lipinski definition) is 1. The average molecular weight is 335 g/mol. The molecule has 2 aromatic carbocycles. The molecule has 1 atom stereocenters. The fourth-order valence-electron chi connectivity index (χ4n) is 2.54. The first-order valence-corrected chi connectivity index (χ1v) is 7.18. The van der Waals surface area contributed by atoms with Gasteiger partial charge in [-0.25, -0.2) is 4.39 Å². The van der Waals surface area contributed by atoms with Crippen molar-refractivity contribution in [3.05, 3.63) is 59.4 Å². The summed E-state index contributed by atoms with van der Waals surface area (Å²) >= 11 is 0. The summed E-state index contributed by atoms with van der Waals surface area (Å²) in [4.78, 5) is 4.17. The maximum absolute atomic E-state index is 13.2. The van der Waals surface area contributed by atoms with Gasteiger partial charge in [-0.1, -0.05) is 30.3 Å². The first-order chi connectivity index (χ1) is 11.4. The van der Waals surface area contributed by atoms with Crippen molar-refractivity contribution in [2.24, 2.45) is 10.1 Å². The van der Waals surface area contributed by atoms with E-state index in [4.69, 9.17) is 0 Å². The van der Waals surface area contributed by atoms with Gasteiger partial charge in [-0.2, -0.15) is 18.3 Å². The Morgan fingerprint density at radius 2 is 1.67 bits per heavy atom. The SMILES string of the molecule is C[C@@H]1N=CNN=C1c1ccc(-c2ccc(F)cc2C(F)(F)F)cc1. The van der Waals surface area contributed by atoms with Crippen LogP contribution in [0.25, 0.3) is 11.1 Å². The molecule has 0 spiro atoms. The van der Waals surface area contributed by atoms with E-state index in [0.717, 1.165) is 17.7 Å². The monoisotopic (exact) mass is 335 g/mol. The van der Waals surface area contributed by atoms with Crippen molar-refractivity contribution in [1.29, 1.82) is 0 Å². The maximum atomic E-state index is 13.2. The van der Waals surface area contributed by atoms with Crippen LogP contribution in [-0.4, -0.2) is 18.1 Å². The van der Waals surface area contributed by atoms with Crippen LogP contribution in [0.3, 0.4) is 0 Å². The minimum atomic E-state index is -4.63. The number of halogens is 4. The molecule has 124 valence electrons. The Morgan fingerprint density at radius 3 is 2.29 bits per heavy atom. The van der Waals surface area contributed by atoms with Gasteiger partial charge >= 0.3 is 6.18 Å². The molecule has 1 aliphatic heterocycles. The summed E-state index contributed by atoms with van der Waals surface area (Å²) in [6, 6.07) is 9.00. The van der Waals surface area contributed by atoms with Crippen LogP contribution >= 0.6 is 0 Å². The van der Waals surface area contributed by atoms with Crippen molar-refractivity contribution in [2.45, 2.75) is 19.1 Å². The van der Waals surface area contributed by atoms with Gasteiger partial charge in [-0.05, 0) is 35.7 Å². The van der Waals surface area contributed by atoms with Gasteiger partial charge in [0.05, 0.1) is 17.3 Å². The highest BCUT2D eigenvalue weighted by Crippen LogP contribution is 2.37. The summed E-state index contributed by atoms with van der Waals surface area (Å²) in [6.45, 7) is 1.87. The molecule has 0 saturated heterocycles. The van der Waals surface area contributed by atoms with Crippen molar-refractivity contribution < 1.29 is 17.6 Å². The summed E-state index contributed by atoms with van der Waals surface area (Å²) in [7, 11) is 0. The second-order valence-electron chi connectivity index (χ2n) is 5.35. The third kappa shape index (κ3) is 3.15. The highest BCUT2D eigenvalue weighted by atomic mass is 19.4. The van der Waals surface area contributed by atoms with Crippen LogP contribution in [0.1, 0.15) is 18.1 Å². The highest BCUT2D eigenvalue weighted by molar-refractivity contribution is 6.06. The molecule has 0 radical (unpaired) electrons. The Morgan fingerprint density at radius 1 is 1.00 bits per heavy atom. The van der Waals surface area contributed by atoms with E-state index < -0.39 is 17.6 Å². The molecule has 7 heteroatoms. The number of hydrazone groups is 1. The summed E-state index contributed by atoms with van der Waals surface area (Å²) in [5.41, 5.74) is 3.39. The minimum Gasteiger partial charge on any atom is -0.268 e. The fraction of sp³-hybridized carbons (Fsp3) is 0.176. The number of aliphatic imine (C=N–C) groups is 1. The third-order valence-electron chi connectivity index (χ3n) is 3.72. The van der Waals surface area contributed by atoms with Gasteiger partial charge in [-0.3, -0.25) is 10.4 Å². The number of nitrogens with zero attached hydrogens (tertiary/aromatic N) is 2. The summed E-state index contributed by atoms with van der Waals surface area (Å²) < 4.78 is 52.6. The quantitative estimate of drug-likeness (QED) is 0.819. The van der Waals surface area contributed by atoms with Crippen molar-refractivity contribution in [1.82, 2.24) is 5.43 Å². The van der Waals surface area contributed by atoms with Gasteiger partial charge in [0.25, 0.3) is 0 Å². The molecule has 3 rings (SSSR count). The normalized spacial score (nSPS) is 17.4. The van der Waals surface area contributed by atoms with Gasteiger partial charge in [-0.15, -0.1) is 0 Å². The molecule has 0 unspecified atom stereocenters. The lowest BCUT2D eigenvalue weighted by atomic mass is 9.96. The van der Waals surface area contributed by atoms with Gasteiger partial charge in [0, 0.05) is 0 Å². The van der Waals surface area contributed by atoms with E-state index in [-0.39, 0.29) is 11.6 Å². The van der Waals surface area contributed by atoms with E-state index in [2.05, 4.69) is 15.5 Å². The Bertz CT molecular complexity index is 808. The van der Waals surface area contributed by atoms with Crippen LogP contribution in [0.15, 0.2) is 52.6 Å². The molecule has 0 bridgehead atoms. The summed E-state index contributed by atoms with van der Waals surface area (Å²) in [5.74, 6) is -0.919. The van der Waals surface area contributed by atoms with Crippen LogP contribution in [0, 0.1) is 5.82 Å². The number of nitrogens with one attached hydrogen (secondary N) is 1. The molecule has 0 aromatic heterocycles. The molecule has 1 aliphatic rings. The highest BCUT2D eigenvalue weighted by Gasteiger charge is 2.34. The predicted molar refractivity (Wildman–Crippen MR) is 84.5 cm³/mol. The van der Waals surface area contributed by atoms with Crippen LogP contribution in [0.2, 0.25) is 0 Å². The molecule has 0 aliphatic carbocycles. The lowest BCUT2D eigenvalue weighted by Crippen LogP contribution is -2.25. The number of alkyl halides is 3. The zero-order valence-electron chi connectivity index (χ0n) is 12.6. The first kappa shape index (κ1) is 16.2. The Balaban J connectivity index is 1.99. The fourth-order valence-corrected chi connectivity index (χ4v) is 2.54. The van der Waals surface area contributed by atoms with Crippen LogP contribution in [0.4, 0.5) is 17.6 Å². The van der Waals surface area contributed by atoms with Crippen LogP contribution in [-0.2, 0) is 6.18 Å². The van der Waals surface area contributed by atoms with Crippen molar-refractivity contribution >= 4 is 12.1 Å². The Hall–Kier alpha value is -2.70. The lowest BCUT2D eigenvalue weighted by molar-refractivity contribution is -0.137. The smallest absolute Gasteiger partial charge is 0.268 e. The Kier molecular flexibility index (Phi) is 4.09. The number of hydrogen-bond acceptors (Lipinski definition) is 3. The van der Waals surface area contributed by atoms with E-state index in [9.17, 15) is 17.6 Å². The van der Waals surface area contributed by atoms with Crippen LogP contribution < -0.4 is 5.43 Å². The second kappa shape index (κ2) is 6.07. The molecule has 0 fully saturated rings. The molecule has 0 saturated carbocycles. The molecule has 3 nitrogen and oxygen atoms in total. The molecular formula is C17H13F4N3. The number of rotatable bonds is 2. The van der Waals surface area contributed by atoms with Gasteiger partial charge < -0.3 is 0 Å². The summed E-state index contributed by atoms with van der Waals surface area (Å²) in [5, 5.41) is 4.14. The van der Waals surface area contributed by atoms with Crippen molar-refractivity contribution in [3.63, 3.8) is 0 Å². The van der Waals surface area contributed by atoms with E-state index in [1.165, 1.54) is 6.34 Å². The molecule has 1 heterocycles. The first-order valence-electron chi connectivity index (χ1n) is 7.18. The maximum Gasteiger partial charge on any atom is 0.417 e. The van der Waals surface area contributed by atoms with E-state index in [0.29, 0.717) is 17.3 Å². The molecule has 24 heavy (non-hydrogen) atoms. The van der Waals surface area contributed by atoms with Gasteiger partial charge in [0.2, 0.25) is 0 Å².